The molecule has 1 atom stereocenters. The number of hydrogen-bond acceptors (Lipinski definition) is 9. The number of H-pyrrole nitrogens is 3. The Bertz CT molecular complexity index is 916. The van der Waals surface area contributed by atoms with Gasteiger partial charge in [0.1, 0.15) is 6.04 Å². The van der Waals surface area contributed by atoms with Crippen LogP contribution in [0.4, 0.5) is 0 Å². The second-order valence-electron chi connectivity index (χ2n) is 5.50. The Hall–Kier alpha value is -4.00. The van der Waals surface area contributed by atoms with Crippen molar-refractivity contribution in [2.75, 3.05) is 0 Å². The molecule has 14 heteroatoms. The smallest absolute Gasteiger partial charge is 0.545 e. The summed E-state index contributed by atoms with van der Waals surface area (Å²) in [6.45, 7) is 0. The van der Waals surface area contributed by atoms with Gasteiger partial charge >= 0.3 is 23.0 Å². The summed E-state index contributed by atoms with van der Waals surface area (Å²) >= 11 is 0. The molecule has 0 aliphatic heterocycles. The van der Waals surface area contributed by atoms with Gasteiger partial charge in [0.05, 0.1) is 48.0 Å². The van der Waals surface area contributed by atoms with Crippen molar-refractivity contribution >= 4 is 47.1 Å². The monoisotopic (exact) mass is 509 g/mol. The molecule has 3 heterocycles. The molecular formula is C18H19N7O6Se. The van der Waals surface area contributed by atoms with Gasteiger partial charge in [0.15, 0.2) is 0 Å². The molecule has 0 saturated carbocycles. The number of nitrogens with one attached hydrogen (secondary N) is 3. The first kappa shape index (κ1) is 28.0. The minimum absolute atomic E-state index is 0. The van der Waals surface area contributed by atoms with Gasteiger partial charge in [-0.3, -0.25) is 4.79 Å². The fourth-order valence-corrected chi connectivity index (χ4v) is 1.75. The summed E-state index contributed by atoms with van der Waals surface area (Å²) in [6, 6.07) is -0.863. The second-order valence-corrected chi connectivity index (χ2v) is 5.50. The van der Waals surface area contributed by atoms with E-state index < -0.39 is 23.9 Å². The summed E-state index contributed by atoms with van der Waals surface area (Å²) in [5.74, 6) is -3.45. The number of carbonyl (C=O) groups excluding carboxylic acids is 2. The Morgan fingerprint density at radius 1 is 0.906 bits per heavy atom. The Labute approximate surface area is 192 Å². The third-order valence-corrected chi connectivity index (χ3v) is 3.12. The molecule has 168 valence electrons. The number of carboxylic acids is 3. The number of aromatic amines is 3. The zero-order valence-corrected chi connectivity index (χ0v) is 18.1. The van der Waals surface area contributed by atoms with Crippen LogP contribution in [-0.4, -0.2) is 76.0 Å². The second kappa shape index (κ2) is 15.8. The quantitative estimate of drug-likeness (QED) is 0.164. The first-order valence-corrected chi connectivity index (χ1v) is 8.49. The number of carbonyl (C=O) groups is 3. The van der Waals surface area contributed by atoms with E-state index in [1.54, 1.807) is 18.6 Å². The fraction of sp³-hybridized carbons (Fsp3) is 0.111. The van der Waals surface area contributed by atoms with E-state index in [1.165, 1.54) is 31.1 Å². The number of aliphatic carboxylic acids is 3. The number of carboxylic acid groups (broad SMARTS) is 3. The summed E-state index contributed by atoms with van der Waals surface area (Å²) in [6.07, 6.45) is 14.0. The number of hydrogen-bond donors (Lipinski definition) is 5. The molecule has 3 aromatic rings. The van der Waals surface area contributed by atoms with Crippen LogP contribution in [0.2, 0.25) is 0 Å². The van der Waals surface area contributed by atoms with E-state index in [9.17, 15) is 24.6 Å². The van der Waals surface area contributed by atoms with E-state index in [4.69, 9.17) is 10.8 Å². The summed E-state index contributed by atoms with van der Waals surface area (Å²) in [5.41, 5.74) is 7.07. The van der Waals surface area contributed by atoms with E-state index in [2.05, 4.69) is 29.9 Å². The molecule has 0 unspecified atom stereocenters. The molecule has 0 saturated heterocycles. The predicted octanol–water partition coefficient (Wildman–Crippen LogP) is -2.67. The maximum atomic E-state index is 10.3. The van der Waals surface area contributed by atoms with Gasteiger partial charge in [-0.05, 0) is 24.3 Å². The van der Waals surface area contributed by atoms with E-state index in [0.29, 0.717) is 17.1 Å². The average Bonchev–Trinajstić information content (AvgIpc) is 3.49. The van der Waals surface area contributed by atoms with Gasteiger partial charge < -0.3 is 45.6 Å². The van der Waals surface area contributed by atoms with Gasteiger partial charge in [0, 0.05) is 25.0 Å². The van der Waals surface area contributed by atoms with Gasteiger partial charge in [0.25, 0.3) is 0 Å². The molecule has 0 bridgehead atoms. The third-order valence-electron chi connectivity index (χ3n) is 3.12. The molecule has 3 aromatic heterocycles. The fourth-order valence-electron chi connectivity index (χ4n) is 1.75. The SMILES string of the molecule is N[C@@H](Cc1c[nH]cn1)C(=O)O.O=C([O-])C=Cc1c[nH]cn1.O=C([O-])C=Cc1c[nH]cn1.[Se+2]. The number of rotatable bonds is 7. The Kier molecular flexibility index (Phi) is 13.8. The van der Waals surface area contributed by atoms with E-state index >= 15 is 0 Å². The Morgan fingerprint density at radius 2 is 1.34 bits per heavy atom. The molecule has 32 heavy (non-hydrogen) atoms. The van der Waals surface area contributed by atoms with Crippen molar-refractivity contribution in [3.63, 3.8) is 0 Å². The summed E-state index contributed by atoms with van der Waals surface area (Å²) in [5, 5.41) is 28.1. The molecule has 0 aliphatic rings. The van der Waals surface area contributed by atoms with Crippen LogP contribution < -0.4 is 15.9 Å². The normalized spacial score (nSPS) is 10.9. The van der Waals surface area contributed by atoms with E-state index in [-0.39, 0.29) is 23.5 Å². The number of nitrogens with two attached hydrogens (primary N) is 1. The van der Waals surface area contributed by atoms with Crippen LogP contribution in [0.3, 0.4) is 0 Å². The molecule has 0 spiro atoms. The molecule has 0 aliphatic carbocycles. The van der Waals surface area contributed by atoms with Crippen LogP contribution in [-0.2, 0) is 20.8 Å². The van der Waals surface area contributed by atoms with Crippen molar-refractivity contribution in [2.45, 2.75) is 12.5 Å². The van der Waals surface area contributed by atoms with Crippen molar-refractivity contribution in [2.24, 2.45) is 5.73 Å². The van der Waals surface area contributed by atoms with Crippen molar-refractivity contribution in [3.05, 3.63) is 66.8 Å². The van der Waals surface area contributed by atoms with Crippen LogP contribution in [0.15, 0.2) is 49.7 Å². The summed E-state index contributed by atoms with van der Waals surface area (Å²) in [4.78, 5) is 49.4. The molecule has 0 fully saturated rings. The molecule has 3 rings (SSSR count). The number of nitrogens with zero attached hydrogens (tertiary/aromatic N) is 3. The third kappa shape index (κ3) is 13.3. The minimum atomic E-state index is -1.22. The maximum Gasteiger partial charge on any atom is 2.00 e. The molecular weight excluding hydrogens is 489 g/mol. The van der Waals surface area contributed by atoms with Crippen molar-refractivity contribution in [1.82, 2.24) is 29.9 Å². The van der Waals surface area contributed by atoms with Crippen molar-refractivity contribution < 1.29 is 29.7 Å². The van der Waals surface area contributed by atoms with E-state index in [0.717, 1.165) is 12.2 Å². The summed E-state index contributed by atoms with van der Waals surface area (Å²) in [7, 11) is 0. The van der Waals surface area contributed by atoms with Crippen LogP contribution in [0.25, 0.3) is 12.2 Å². The molecule has 6 N–H and O–H groups in total. The predicted molar refractivity (Wildman–Crippen MR) is 109 cm³/mol. The van der Waals surface area contributed by atoms with Crippen LogP contribution >= 0.6 is 0 Å². The average molecular weight is 508 g/mol. The largest absolute Gasteiger partial charge is 2.00 e. The molecule has 0 amide bonds. The number of imidazole rings is 3. The minimum Gasteiger partial charge on any atom is -0.545 e. The topological polar surface area (TPSA) is 230 Å². The van der Waals surface area contributed by atoms with Gasteiger partial charge in [-0.1, -0.05) is 0 Å². The first-order chi connectivity index (χ1) is 14.8. The van der Waals surface area contributed by atoms with Crippen LogP contribution in [0.1, 0.15) is 17.1 Å². The van der Waals surface area contributed by atoms with Gasteiger partial charge in [-0.15, -0.1) is 0 Å². The van der Waals surface area contributed by atoms with Crippen molar-refractivity contribution in [1.29, 1.82) is 0 Å². The zero-order chi connectivity index (χ0) is 23.1. The van der Waals surface area contributed by atoms with Gasteiger partial charge in [-0.25, -0.2) is 15.0 Å². The van der Waals surface area contributed by atoms with Crippen molar-refractivity contribution in [3.8, 4) is 0 Å². The van der Waals surface area contributed by atoms with Gasteiger partial charge in [-0.2, -0.15) is 0 Å². The molecule has 4 radical (unpaired) electrons. The Balaban J connectivity index is 0.000000444. The summed E-state index contributed by atoms with van der Waals surface area (Å²) < 4.78 is 0. The van der Waals surface area contributed by atoms with E-state index in [1.807, 2.05) is 0 Å². The zero-order valence-electron chi connectivity index (χ0n) is 16.4. The first-order valence-electron chi connectivity index (χ1n) is 8.49. The Morgan fingerprint density at radius 3 is 1.66 bits per heavy atom. The van der Waals surface area contributed by atoms with Gasteiger partial charge in [0.2, 0.25) is 0 Å². The molecule has 13 nitrogen and oxygen atoms in total. The van der Waals surface area contributed by atoms with Crippen LogP contribution in [0.5, 0.6) is 0 Å². The number of aromatic nitrogens is 6. The standard InChI is InChI=1S/C6H9N3O2.2C6H6N2O2.Se/c7-5(6(10)11)1-4-2-8-3-9-4;2*9-6(10)2-1-5-3-7-4-8-5;/h2-3,5H,1,7H2,(H,8,9)(H,10,11);2*1-4H,(H,7,8)(H,9,10);/q;;;+2/p-2/t5-;;;/m0.../s1. The van der Waals surface area contributed by atoms with Crippen LogP contribution in [0, 0.1) is 0 Å². The maximum absolute atomic E-state index is 10.3. The molecule has 0 aromatic carbocycles.